The quantitative estimate of drug-likeness (QED) is 0.753. The molecular weight excluding hydrogens is 425 g/mol. The van der Waals surface area contributed by atoms with E-state index in [-0.39, 0.29) is 28.5 Å². The van der Waals surface area contributed by atoms with Crippen molar-refractivity contribution >= 4 is 21.8 Å². The van der Waals surface area contributed by atoms with Gasteiger partial charge in [0.05, 0.1) is 11.2 Å². The fourth-order valence-corrected chi connectivity index (χ4v) is 5.44. The molecule has 0 saturated carbocycles. The Morgan fingerprint density at radius 2 is 1.74 bits per heavy atom. The maximum absolute atomic E-state index is 13.1. The van der Waals surface area contributed by atoms with Gasteiger partial charge in [0, 0.05) is 25.7 Å². The van der Waals surface area contributed by atoms with Gasteiger partial charge in [-0.05, 0) is 62.1 Å². The van der Waals surface area contributed by atoms with Gasteiger partial charge in [0.2, 0.25) is 15.9 Å². The zero-order valence-corrected chi connectivity index (χ0v) is 17.7. The number of likely N-dealkylation sites (tertiary alicyclic amines) is 2. The summed E-state index contributed by atoms with van der Waals surface area (Å²) in [5.41, 5.74) is 0. The number of carbonyl (C=O) groups is 2. The van der Waals surface area contributed by atoms with Crippen LogP contribution in [0.25, 0.3) is 0 Å². The summed E-state index contributed by atoms with van der Waals surface area (Å²) in [5.74, 6) is -0.689. The van der Waals surface area contributed by atoms with E-state index in [2.05, 4.69) is 4.72 Å². The number of benzene rings is 1. The molecule has 0 radical (unpaired) electrons. The van der Waals surface area contributed by atoms with Gasteiger partial charge in [-0.25, -0.2) is 17.5 Å². The zero-order chi connectivity index (χ0) is 22.0. The van der Waals surface area contributed by atoms with Crippen LogP contribution in [0.4, 0.5) is 4.39 Å². The maximum Gasteiger partial charge on any atom is 0.290 e. The number of rotatable bonds is 5. The first-order chi connectivity index (χ1) is 14.8. The van der Waals surface area contributed by atoms with Gasteiger partial charge < -0.3 is 14.2 Å². The van der Waals surface area contributed by atoms with Crippen LogP contribution >= 0.6 is 0 Å². The third kappa shape index (κ3) is 4.64. The summed E-state index contributed by atoms with van der Waals surface area (Å²) in [7, 11) is -3.76. The lowest BCUT2D eigenvalue weighted by Crippen LogP contribution is -2.52. The van der Waals surface area contributed by atoms with Crippen molar-refractivity contribution in [3.63, 3.8) is 0 Å². The monoisotopic (exact) mass is 449 g/mol. The van der Waals surface area contributed by atoms with Crippen LogP contribution in [0.15, 0.2) is 52.0 Å². The first-order valence-corrected chi connectivity index (χ1v) is 11.7. The van der Waals surface area contributed by atoms with Crippen LogP contribution in [0.3, 0.4) is 0 Å². The minimum Gasteiger partial charge on any atom is -0.459 e. The van der Waals surface area contributed by atoms with Gasteiger partial charge in [0.25, 0.3) is 5.91 Å². The summed E-state index contributed by atoms with van der Waals surface area (Å²) in [6, 6.07) is 7.04. The first kappa shape index (κ1) is 21.5. The Bertz CT molecular complexity index is 1030. The molecule has 2 fully saturated rings. The third-order valence-corrected chi connectivity index (χ3v) is 7.32. The molecule has 166 valence electrons. The van der Waals surface area contributed by atoms with Gasteiger partial charge >= 0.3 is 0 Å². The normalized spacial score (nSPS) is 20.2. The Hall–Kier alpha value is -2.72. The molecule has 1 aromatic carbocycles. The van der Waals surface area contributed by atoms with E-state index in [0.29, 0.717) is 38.9 Å². The van der Waals surface area contributed by atoms with Crippen molar-refractivity contribution in [1.82, 2.24) is 14.5 Å². The highest BCUT2D eigenvalue weighted by Gasteiger charge is 2.38. The number of nitrogens with zero attached hydrogens (tertiary/aromatic N) is 2. The van der Waals surface area contributed by atoms with Crippen molar-refractivity contribution in [2.75, 3.05) is 19.6 Å². The predicted molar refractivity (Wildman–Crippen MR) is 109 cm³/mol. The van der Waals surface area contributed by atoms with Crippen LogP contribution in [0.2, 0.25) is 0 Å². The van der Waals surface area contributed by atoms with Gasteiger partial charge in [-0.2, -0.15) is 0 Å². The van der Waals surface area contributed by atoms with E-state index in [1.54, 1.807) is 21.9 Å². The molecule has 2 amide bonds. The lowest BCUT2D eigenvalue weighted by molar-refractivity contribution is -0.136. The van der Waals surface area contributed by atoms with Crippen LogP contribution in [0.5, 0.6) is 0 Å². The lowest BCUT2D eigenvalue weighted by atomic mass is 10.0. The number of amides is 2. The predicted octanol–water partition coefficient (Wildman–Crippen LogP) is 1.99. The van der Waals surface area contributed by atoms with Gasteiger partial charge in [0.15, 0.2) is 5.76 Å². The second-order valence-electron chi connectivity index (χ2n) is 7.81. The van der Waals surface area contributed by atoms with Crippen molar-refractivity contribution in [2.24, 2.45) is 0 Å². The Kier molecular flexibility index (Phi) is 6.10. The fourth-order valence-electron chi connectivity index (χ4n) is 4.14. The highest BCUT2D eigenvalue weighted by Crippen LogP contribution is 2.24. The number of halogens is 1. The molecule has 31 heavy (non-hydrogen) atoms. The molecule has 2 saturated heterocycles. The summed E-state index contributed by atoms with van der Waals surface area (Å²) in [6.45, 7) is 1.30. The van der Waals surface area contributed by atoms with Crippen molar-refractivity contribution in [3.8, 4) is 0 Å². The van der Waals surface area contributed by atoms with E-state index >= 15 is 0 Å². The molecule has 1 atom stereocenters. The number of sulfonamides is 1. The van der Waals surface area contributed by atoms with Crippen molar-refractivity contribution < 1.29 is 26.8 Å². The molecule has 0 spiro atoms. The molecule has 2 aromatic rings. The Morgan fingerprint density at radius 3 is 2.39 bits per heavy atom. The highest BCUT2D eigenvalue weighted by molar-refractivity contribution is 7.89. The largest absolute Gasteiger partial charge is 0.459 e. The van der Waals surface area contributed by atoms with Crippen LogP contribution in [0, 0.1) is 5.82 Å². The van der Waals surface area contributed by atoms with E-state index < -0.39 is 21.9 Å². The summed E-state index contributed by atoms with van der Waals surface area (Å²) in [6.07, 6.45) is 3.70. The Labute approximate surface area is 180 Å². The van der Waals surface area contributed by atoms with E-state index in [1.165, 1.54) is 18.4 Å². The molecule has 3 heterocycles. The van der Waals surface area contributed by atoms with E-state index in [4.69, 9.17) is 4.42 Å². The van der Waals surface area contributed by atoms with Crippen LogP contribution < -0.4 is 4.72 Å². The van der Waals surface area contributed by atoms with Crippen LogP contribution in [-0.2, 0) is 14.8 Å². The smallest absolute Gasteiger partial charge is 0.290 e. The van der Waals surface area contributed by atoms with Crippen molar-refractivity contribution in [3.05, 3.63) is 54.2 Å². The minimum absolute atomic E-state index is 0.00504. The molecule has 2 aliphatic rings. The maximum atomic E-state index is 13.1. The number of hydrogen-bond acceptors (Lipinski definition) is 5. The van der Waals surface area contributed by atoms with E-state index in [1.807, 2.05) is 0 Å². The standard InChI is InChI=1S/C21H24FN3O5S/c22-15-5-7-17(8-6-15)31(28,29)23-16-9-12-24(13-10-16)20(26)18-3-1-11-25(18)21(27)19-4-2-14-30-19/h2,4-8,14,16,18,23H,1,3,9-13H2. The first-order valence-electron chi connectivity index (χ1n) is 10.3. The zero-order valence-electron chi connectivity index (χ0n) is 16.9. The highest BCUT2D eigenvalue weighted by atomic mass is 32.2. The second kappa shape index (κ2) is 8.80. The molecule has 1 aromatic heterocycles. The lowest BCUT2D eigenvalue weighted by Gasteiger charge is -2.35. The van der Waals surface area contributed by atoms with Crippen LogP contribution in [-0.4, -0.2) is 61.7 Å². The van der Waals surface area contributed by atoms with E-state index in [9.17, 15) is 22.4 Å². The summed E-state index contributed by atoms with van der Waals surface area (Å²) in [4.78, 5) is 28.9. The summed E-state index contributed by atoms with van der Waals surface area (Å²) < 4.78 is 45.9. The number of nitrogens with one attached hydrogen (secondary N) is 1. The number of hydrogen-bond donors (Lipinski definition) is 1. The van der Waals surface area contributed by atoms with E-state index in [0.717, 1.165) is 18.6 Å². The molecule has 10 heteroatoms. The Morgan fingerprint density at radius 1 is 1.03 bits per heavy atom. The fraction of sp³-hybridized carbons (Fsp3) is 0.429. The molecular formula is C21H24FN3O5S. The Balaban J connectivity index is 1.34. The average Bonchev–Trinajstić information content (AvgIpc) is 3.46. The topological polar surface area (TPSA) is 99.9 Å². The molecule has 4 rings (SSSR count). The minimum atomic E-state index is -3.76. The van der Waals surface area contributed by atoms with Crippen LogP contribution in [0.1, 0.15) is 36.2 Å². The molecule has 0 aliphatic carbocycles. The van der Waals surface area contributed by atoms with Gasteiger partial charge in [0.1, 0.15) is 11.9 Å². The summed E-state index contributed by atoms with van der Waals surface area (Å²) >= 11 is 0. The number of carbonyl (C=O) groups excluding carboxylic acids is 2. The van der Waals surface area contributed by atoms with Gasteiger partial charge in [-0.15, -0.1) is 0 Å². The molecule has 0 bridgehead atoms. The van der Waals surface area contributed by atoms with Crippen molar-refractivity contribution in [1.29, 1.82) is 0 Å². The summed E-state index contributed by atoms with van der Waals surface area (Å²) in [5, 5.41) is 0. The number of piperidine rings is 1. The van der Waals surface area contributed by atoms with Gasteiger partial charge in [-0.1, -0.05) is 0 Å². The van der Waals surface area contributed by atoms with Gasteiger partial charge in [-0.3, -0.25) is 9.59 Å². The molecule has 8 nitrogen and oxygen atoms in total. The SMILES string of the molecule is O=C(C1CCCN1C(=O)c1ccco1)N1CCC(NS(=O)(=O)c2ccc(F)cc2)CC1. The number of furan rings is 1. The average molecular weight is 450 g/mol. The molecule has 1 unspecified atom stereocenters. The molecule has 2 aliphatic heterocycles. The van der Waals surface area contributed by atoms with Crippen molar-refractivity contribution in [2.45, 2.75) is 42.7 Å². The third-order valence-electron chi connectivity index (χ3n) is 5.78. The molecule has 1 N–H and O–H groups in total. The second-order valence-corrected chi connectivity index (χ2v) is 9.52.